The molecule has 0 fully saturated rings. The van der Waals surface area contributed by atoms with Crippen molar-refractivity contribution in [1.82, 2.24) is 0 Å². The van der Waals surface area contributed by atoms with Crippen molar-refractivity contribution < 1.29 is 4.79 Å². The van der Waals surface area contributed by atoms with Gasteiger partial charge in [0.25, 0.3) is 0 Å². The van der Waals surface area contributed by atoms with Crippen molar-refractivity contribution in [3.63, 3.8) is 0 Å². The second-order valence-electron chi connectivity index (χ2n) is 1.19. The van der Waals surface area contributed by atoms with Crippen LogP contribution in [0.4, 0.5) is 0 Å². The third-order valence-electron chi connectivity index (χ3n) is 0.585. The van der Waals surface area contributed by atoms with Crippen molar-refractivity contribution >= 4 is 37.8 Å². The molecule has 0 aliphatic carbocycles. The second kappa shape index (κ2) is 2.64. The summed E-state index contributed by atoms with van der Waals surface area (Å²) < 4.78 is -0.931. The van der Waals surface area contributed by atoms with Gasteiger partial charge in [-0.3, -0.25) is 4.79 Å². The third-order valence-corrected chi connectivity index (χ3v) is 2.01. The molecule has 0 heterocycles. The molecule has 0 aliphatic heterocycles. The minimum absolute atomic E-state index is 0.507. The Kier molecular flexibility index (Phi) is 2.70. The highest BCUT2D eigenvalue weighted by Gasteiger charge is 2.24. The molecule has 4 heteroatoms. The summed E-state index contributed by atoms with van der Waals surface area (Å²) in [7, 11) is 0. The number of carbonyl (C=O) groups is 1. The van der Waals surface area contributed by atoms with E-state index in [2.05, 4.69) is 38.4 Å². The highest BCUT2D eigenvalue weighted by Crippen LogP contribution is 2.25. The van der Waals surface area contributed by atoms with Crippen LogP contribution in [0.5, 0.6) is 0 Å². The van der Waals surface area contributed by atoms with Gasteiger partial charge in [-0.25, -0.2) is 0 Å². The van der Waals surface area contributed by atoms with Gasteiger partial charge in [-0.05, 0) is 0 Å². The minimum Gasteiger partial charge on any atom is -0.367 e. The fraction of sp³-hybridized carbons (Fsp3) is 0.250. The van der Waals surface area contributed by atoms with Crippen LogP contribution in [-0.2, 0) is 4.79 Å². The van der Waals surface area contributed by atoms with Crippen LogP contribution in [-0.4, -0.2) is 9.14 Å². The van der Waals surface area contributed by atoms with E-state index in [1.165, 1.54) is 6.08 Å². The molecule has 0 unspecified atom stereocenters. The summed E-state index contributed by atoms with van der Waals surface area (Å²) >= 11 is 5.94. The topological polar surface area (TPSA) is 43.1 Å². The standard InChI is InChI=1S/C4H5Br2NO/c1-2-4(5,6)3(7)8/h2H,1H2,(H2,7,8). The van der Waals surface area contributed by atoms with Crippen LogP contribution in [0.3, 0.4) is 0 Å². The molecule has 0 spiro atoms. The molecule has 8 heavy (non-hydrogen) atoms. The molecule has 0 aromatic heterocycles. The maximum atomic E-state index is 10.3. The lowest BCUT2D eigenvalue weighted by Crippen LogP contribution is -2.29. The zero-order valence-corrected chi connectivity index (χ0v) is 7.20. The number of rotatable bonds is 2. The van der Waals surface area contributed by atoms with Gasteiger partial charge in [-0.2, -0.15) is 0 Å². The van der Waals surface area contributed by atoms with E-state index >= 15 is 0 Å². The molecule has 0 aromatic rings. The van der Waals surface area contributed by atoms with E-state index in [-0.39, 0.29) is 0 Å². The van der Waals surface area contributed by atoms with Crippen LogP contribution in [0.25, 0.3) is 0 Å². The first-order chi connectivity index (χ1) is 3.50. The molecule has 0 saturated carbocycles. The van der Waals surface area contributed by atoms with Gasteiger partial charge in [0.2, 0.25) is 5.91 Å². The Labute approximate surface area is 64.4 Å². The largest absolute Gasteiger partial charge is 0.367 e. The van der Waals surface area contributed by atoms with Crippen molar-refractivity contribution in [1.29, 1.82) is 0 Å². The number of amides is 1. The normalized spacial score (nSPS) is 10.8. The predicted octanol–water partition coefficient (Wildman–Crippen LogP) is 1.14. The van der Waals surface area contributed by atoms with Gasteiger partial charge in [0, 0.05) is 0 Å². The maximum absolute atomic E-state index is 10.3. The Hall–Kier alpha value is 0.170. The van der Waals surface area contributed by atoms with Crippen LogP contribution >= 0.6 is 31.9 Å². The summed E-state index contributed by atoms with van der Waals surface area (Å²) in [4.78, 5) is 10.3. The number of hydrogen-bond acceptors (Lipinski definition) is 1. The Morgan fingerprint density at radius 3 is 2.12 bits per heavy atom. The Morgan fingerprint density at radius 1 is 1.75 bits per heavy atom. The highest BCUT2D eigenvalue weighted by atomic mass is 79.9. The Balaban J connectivity index is 4.12. The predicted molar refractivity (Wildman–Crippen MR) is 40.0 cm³/mol. The van der Waals surface area contributed by atoms with Crippen LogP contribution in [0.2, 0.25) is 0 Å². The molecule has 46 valence electrons. The Morgan fingerprint density at radius 2 is 2.12 bits per heavy atom. The molecule has 0 radical (unpaired) electrons. The van der Waals surface area contributed by atoms with Crippen LogP contribution in [0.1, 0.15) is 0 Å². The molecule has 2 N–H and O–H groups in total. The molecule has 0 aromatic carbocycles. The lowest BCUT2D eigenvalue weighted by Gasteiger charge is -2.07. The van der Waals surface area contributed by atoms with Crippen molar-refractivity contribution in [3.05, 3.63) is 12.7 Å². The Bertz CT molecular complexity index is 121. The quantitative estimate of drug-likeness (QED) is 0.573. The summed E-state index contributed by atoms with van der Waals surface area (Å²) in [6, 6.07) is 0. The maximum Gasteiger partial charge on any atom is 0.249 e. The lowest BCUT2D eigenvalue weighted by atomic mass is 10.4. The highest BCUT2D eigenvalue weighted by molar-refractivity contribution is 9.26. The number of primary amides is 1. The summed E-state index contributed by atoms with van der Waals surface area (Å²) in [5.41, 5.74) is 4.88. The van der Waals surface area contributed by atoms with Gasteiger partial charge in [-0.15, -0.1) is 6.58 Å². The van der Waals surface area contributed by atoms with E-state index in [1.807, 2.05) is 0 Å². The van der Waals surface area contributed by atoms with Gasteiger partial charge < -0.3 is 5.73 Å². The van der Waals surface area contributed by atoms with Crippen molar-refractivity contribution in [2.75, 3.05) is 0 Å². The summed E-state index contributed by atoms with van der Waals surface area (Å²) in [5.74, 6) is -0.507. The van der Waals surface area contributed by atoms with E-state index < -0.39 is 9.14 Å². The molecular formula is C4H5Br2NO. The van der Waals surface area contributed by atoms with Crippen molar-refractivity contribution in [3.8, 4) is 0 Å². The van der Waals surface area contributed by atoms with E-state index in [1.54, 1.807) is 0 Å². The average Bonchev–Trinajstić information content (AvgIpc) is 1.67. The minimum atomic E-state index is -0.931. The van der Waals surface area contributed by atoms with Crippen LogP contribution in [0.15, 0.2) is 12.7 Å². The molecule has 0 atom stereocenters. The molecular weight excluding hydrogens is 238 g/mol. The van der Waals surface area contributed by atoms with Crippen molar-refractivity contribution in [2.45, 2.75) is 3.23 Å². The number of halogens is 2. The van der Waals surface area contributed by atoms with Gasteiger partial charge >= 0.3 is 0 Å². The van der Waals surface area contributed by atoms with Gasteiger partial charge in [0.15, 0.2) is 3.23 Å². The van der Waals surface area contributed by atoms with E-state index in [0.29, 0.717) is 0 Å². The average molecular weight is 243 g/mol. The monoisotopic (exact) mass is 241 g/mol. The van der Waals surface area contributed by atoms with E-state index in [9.17, 15) is 4.79 Å². The zero-order chi connectivity index (χ0) is 6.78. The number of hydrogen-bond donors (Lipinski definition) is 1. The number of nitrogens with two attached hydrogens (primary N) is 1. The summed E-state index contributed by atoms with van der Waals surface area (Å²) in [6.07, 6.45) is 1.37. The fourth-order valence-electron chi connectivity index (χ4n) is 0.101. The second-order valence-corrected chi connectivity index (χ2v) is 4.76. The first-order valence-electron chi connectivity index (χ1n) is 1.82. The first kappa shape index (κ1) is 8.17. The number of carbonyl (C=O) groups excluding carboxylic acids is 1. The molecule has 0 aliphatic rings. The van der Waals surface area contributed by atoms with E-state index in [0.717, 1.165) is 0 Å². The smallest absolute Gasteiger partial charge is 0.249 e. The van der Waals surface area contributed by atoms with Gasteiger partial charge in [0.1, 0.15) is 0 Å². The fourth-order valence-corrected chi connectivity index (χ4v) is 0.101. The van der Waals surface area contributed by atoms with Gasteiger partial charge in [-0.1, -0.05) is 37.9 Å². The van der Waals surface area contributed by atoms with Gasteiger partial charge in [0.05, 0.1) is 0 Å². The molecule has 0 rings (SSSR count). The number of alkyl halides is 2. The molecule has 2 nitrogen and oxygen atoms in total. The summed E-state index contributed by atoms with van der Waals surface area (Å²) in [5, 5.41) is 0. The SMILES string of the molecule is C=CC(Br)(Br)C(N)=O. The third kappa shape index (κ3) is 1.96. The summed E-state index contributed by atoms with van der Waals surface area (Å²) in [6.45, 7) is 3.36. The molecule has 0 bridgehead atoms. The lowest BCUT2D eigenvalue weighted by molar-refractivity contribution is -0.117. The zero-order valence-electron chi connectivity index (χ0n) is 4.03. The molecule has 1 amide bonds. The van der Waals surface area contributed by atoms with Crippen molar-refractivity contribution in [2.24, 2.45) is 5.73 Å². The molecule has 0 saturated heterocycles. The van der Waals surface area contributed by atoms with Crippen LogP contribution < -0.4 is 5.73 Å². The first-order valence-corrected chi connectivity index (χ1v) is 3.40. The van der Waals surface area contributed by atoms with E-state index in [4.69, 9.17) is 5.73 Å². The van der Waals surface area contributed by atoms with Crippen LogP contribution in [0, 0.1) is 0 Å².